The number of likely N-dealkylation sites (tertiary alicyclic amines) is 1. The molecule has 1 heterocycles. The highest BCUT2D eigenvalue weighted by Gasteiger charge is 2.12. The Kier molecular flexibility index (Phi) is 12.9. The lowest BCUT2D eigenvalue weighted by molar-refractivity contribution is 0.273. The summed E-state index contributed by atoms with van der Waals surface area (Å²) in [6, 6.07) is 6.47. The molecule has 1 fully saturated rings. The van der Waals surface area contributed by atoms with E-state index < -0.39 is 0 Å². The zero-order valence-corrected chi connectivity index (χ0v) is 19.2. The van der Waals surface area contributed by atoms with Gasteiger partial charge < -0.3 is 9.47 Å². The van der Waals surface area contributed by atoms with Crippen LogP contribution >= 0.6 is 0 Å². The highest BCUT2D eigenvalue weighted by Crippen LogP contribution is 2.29. The molecule has 0 amide bonds. The normalized spacial score (nSPS) is 15.2. The SMILES string of the molecule is CCCCCCCCCCCCOc1ccc(CN2CCCCCC2)cc1OC. The lowest BCUT2D eigenvalue weighted by Gasteiger charge is -2.20. The molecule has 0 aromatic heterocycles. The Morgan fingerprint density at radius 2 is 1.38 bits per heavy atom. The van der Waals surface area contributed by atoms with Gasteiger partial charge in [-0.05, 0) is 50.0 Å². The molecule has 1 saturated heterocycles. The van der Waals surface area contributed by atoms with Gasteiger partial charge in [-0.1, -0.05) is 83.6 Å². The Labute approximate surface area is 180 Å². The third-order valence-corrected chi connectivity index (χ3v) is 6.09. The third kappa shape index (κ3) is 10.4. The Morgan fingerprint density at radius 3 is 2.00 bits per heavy atom. The van der Waals surface area contributed by atoms with Crippen LogP contribution in [0.4, 0.5) is 0 Å². The van der Waals surface area contributed by atoms with Crippen molar-refractivity contribution in [2.75, 3.05) is 26.8 Å². The number of rotatable bonds is 15. The first-order valence-electron chi connectivity index (χ1n) is 12.4. The van der Waals surface area contributed by atoms with Gasteiger partial charge in [-0.3, -0.25) is 4.90 Å². The number of unbranched alkanes of at least 4 members (excludes halogenated alkanes) is 9. The van der Waals surface area contributed by atoms with Crippen molar-refractivity contribution in [3.05, 3.63) is 23.8 Å². The maximum Gasteiger partial charge on any atom is 0.161 e. The van der Waals surface area contributed by atoms with Crippen LogP contribution in [0.25, 0.3) is 0 Å². The quantitative estimate of drug-likeness (QED) is 0.285. The van der Waals surface area contributed by atoms with Gasteiger partial charge >= 0.3 is 0 Å². The summed E-state index contributed by atoms with van der Waals surface area (Å²) in [6.45, 7) is 6.54. The van der Waals surface area contributed by atoms with Crippen LogP contribution in [0.1, 0.15) is 102 Å². The number of hydrogen-bond acceptors (Lipinski definition) is 3. The molecule has 1 aliphatic rings. The van der Waals surface area contributed by atoms with Gasteiger partial charge in [0.2, 0.25) is 0 Å². The highest BCUT2D eigenvalue weighted by atomic mass is 16.5. The maximum absolute atomic E-state index is 6.03. The number of methoxy groups -OCH3 is 1. The molecule has 0 spiro atoms. The first kappa shape index (κ1) is 24.1. The molecular formula is C26H45NO2. The monoisotopic (exact) mass is 403 g/mol. The summed E-state index contributed by atoms with van der Waals surface area (Å²) in [5.41, 5.74) is 1.33. The van der Waals surface area contributed by atoms with Crippen LogP contribution in [-0.2, 0) is 6.54 Å². The summed E-state index contributed by atoms with van der Waals surface area (Å²) < 4.78 is 11.6. The molecule has 29 heavy (non-hydrogen) atoms. The van der Waals surface area contributed by atoms with Gasteiger partial charge in [-0.25, -0.2) is 0 Å². The molecule has 1 aromatic carbocycles. The molecule has 0 radical (unpaired) electrons. The van der Waals surface area contributed by atoms with Gasteiger partial charge in [0, 0.05) is 6.54 Å². The fourth-order valence-electron chi connectivity index (χ4n) is 4.25. The Hall–Kier alpha value is -1.22. The van der Waals surface area contributed by atoms with Crippen molar-refractivity contribution in [2.24, 2.45) is 0 Å². The van der Waals surface area contributed by atoms with E-state index in [0.717, 1.165) is 31.1 Å². The molecular weight excluding hydrogens is 358 g/mol. The summed E-state index contributed by atoms with van der Waals surface area (Å²) in [4.78, 5) is 2.58. The van der Waals surface area contributed by atoms with Crippen molar-refractivity contribution in [2.45, 2.75) is 103 Å². The molecule has 2 rings (SSSR count). The fraction of sp³-hybridized carbons (Fsp3) is 0.769. The van der Waals surface area contributed by atoms with E-state index in [1.54, 1.807) is 7.11 Å². The number of ether oxygens (including phenoxy) is 2. The van der Waals surface area contributed by atoms with Gasteiger partial charge in [0.05, 0.1) is 13.7 Å². The largest absolute Gasteiger partial charge is 0.493 e. The Bertz CT molecular complexity index is 523. The highest BCUT2D eigenvalue weighted by molar-refractivity contribution is 5.43. The van der Waals surface area contributed by atoms with Crippen molar-refractivity contribution in [1.29, 1.82) is 0 Å². The number of nitrogens with zero attached hydrogens (tertiary/aromatic N) is 1. The van der Waals surface area contributed by atoms with Gasteiger partial charge in [0.15, 0.2) is 11.5 Å². The third-order valence-electron chi connectivity index (χ3n) is 6.09. The van der Waals surface area contributed by atoms with Crippen LogP contribution < -0.4 is 9.47 Å². The second kappa shape index (κ2) is 15.6. The van der Waals surface area contributed by atoms with E-state index in [4.69, 9.17) is 9.47 Å². The average Bonchev–Trinajstić information content (AvgIpc) is 3.01. The van der Waals surface area contributed by atoms with Crippen molar-refractivity contribution in [1.82, 2.24) is 4.90 Å². The van der Waals surface area contributed by atoms with Crippen molar-refractivity contribution in [3.63, 3.8) is 0 Å². The van der Waals surface area contributed by atoms with Crippen LogP contribution in [0.5, 0.6) is 11.5 Å². The van der Waals surface area contributed by atoms with Gasteiger partial charge in [-0.15, -0.1) is 0 Å². The van der Waals surface area contributed by atoms with Crippen LogP contribution in [0.15, 0.2) is 18.2 Å². The zero-order chi connectivity index (χ0) is 20.6. The minimum absolute atomic E-state index is 0.790. The molecule has 0 aliphatic carbocycles. The van der Waals surface area contributed by atoms with E-state index >= 15 is 0 Å². The minimum atomic E-state index is 0.790. The predicted octanol–water partition coefficient (Wildman–Crippen LogP) is 7.37. The average molecular weight is 404 g/mol. The van der Waals surface area contributed by atoms with Crippen molar-refractivity contribution < 1.29 is 9.47 Å². The molecule has 3 nitrogen and oxygen atoms in total. The molecule has 3 heteroatoms. The predicted molar refractivity (Wildman–Crippen MR) is 124 cm³/mol. The zero-order valence-electron chi connectivity index (χ0n) is 19.2. The summed E-state index contributed by atoms with van der Waals surface area (Å²) in [5.74, 6) is 1.77. The topological polar surface area (TPSA) is 21.7 Å². The second-order valence-corrected chi connectivity index (χ2v) is 8.71. The summed E-state index contributed by atoms with van der Waals surface area (Å²) >= 11 is 0. The maximum atomic E-state index is 6.03. The molecule has 0 bridgehead atoms. The Morgan fingerprint density at radius 1 is 0.759 bits per heavy atom. The van der Waals surface area contributed by atoms with Crippen molar-refractivity contribution in [3.8, 4) is 11.5 Å². The van der Waals surface area contributed by atoms with Crippen LogP contribution in [0.3, 0.4) is 0 Å². The number of benzene rings is 1. The van der Waals surface area contributed by atoms with E-state index in [9.17, 15) is 0 Å². The van der Waals surface area contributed by atoms with Crippen LogP contribution in [0, 0.1) is 0 Å². The van der Waals surface area contributed by atoms with E-state index in [1.165, 1.54) is 102 Å². The molecule has 166 valence electrons. The van der Waals surface area contributed by atoms with Crippen molar-refractivity contribution >= 4 is 0 Å². The number of hydrogen-bond donors (Lipinski definition) is 0. The van der Waals surface area contributed by atoms with E-state index in [1.807, 2.05) is 0 Å². The molecule has 0 saturated carbocycles. The summed E-state index contributed by atoms with van der Waals surface area (Å²) in [6.07, 6.45) is 18.9. The molecule has 1 aromatic rings. The molecule has 0 atom stereocenters. The smallest absolute Gasteiger partial charge is 0.161 e. The first-order valence-corrected chi connectivity index (χ1v) is 12.4. The van der Waals surface area contributed by atoms with Crippen LogP contribution in [-0.4, -0.2) is 31.7 Å². The van der Waals surface area contributed by atoms with E-state index in [0.29, 0.717) is 0 Å². The lowest BCUT2D eigenvalue weighted by atomic mass is 10.1. The lowest BCUT2D eigenvalue weighted by Crippen LogP contribution is -2.23. The van der Waals surface area contributed by atoms with E-state index in [2.05, 4.69) is 30.0 Å². The summed E-state index contributed by atoms with van der Waals surface area (Å²) in [5, 5.41) is 0. The second-order valence-electron chi connectivity index (χ2n) is 8.71. The minimum Gasteiger partial charge on any atom is -0.493 e. The molecule has 1 aliphatic heterocycles. The standard InChI is InChI=1S/C26H45NO2/c1-3-4-5-6-7-8-9-10-13-16-21-29-25-18-17-24(22-26(25)28-2)23-27-19-14-11-12-15-20-27/h17-18,22H,3-16,19-21,23H2,1-2H3. The fourth-order valence-corrected chi connectivity index (χ4v) is 4.25. The van der Waals surface area contributed by atoms with Gasteiger partial charge in [0.1, 0.15) is 0 Å². The molecule has 0 unspecified atom stereocenters. The molecule has 0 N–H and O–H groups in total. The van der Waals surface area contributed by atoms with Crippen LogP contribution in [0.2, 0.25) is 0 Å². The summed E-state index contributed by atoms with van der Waals surface area (Å²) in [7, 11) is 1.75. The first-order chi connectivity index (χ1) is 14.3. The van der Waals surface area contributed by atoms with Gasteiger partial charge in [-0.2, -0.15) is 0 Å². The van der Waals surface area contributed by atoms with E-state index in [-0.39, 0.29) is 0 Å². The van der Waals surface area contributed by atoms with Gasteiger partial charge in [0.25, 0.3) is 0 Å². The Balaban J connectivity index is 1.61.